The van der Waals surface area contributed by atoms with Crippen molar-refractivity contribution in [3.63, 3.8) is 0 Å². The van der Waals surface area contributed by atoms with Crippen LogP contribution in [0.5, 0.6) is 0 Å². The first-order valence-corrected chi connectivity index (χ1v) is 12.3. The lowest BCUT2D eigenvalue weighted by Gasteiger charge is -2.61. The number of thiocarbonyl (C=S) groups is 1. The van der Waals surface area contributed by atoms with Crippen LogP contribution in [0.1, 0.15) is 53.4 Å². The smallest absolute Gasteiger partial charge is 0.342 e. The number of hydrogen-bond donors (Lipinski definition) is 1. The van der Waals surface area contributed by atoms with Gasteiger partial charge in [0, 0.05) is 23.7 Å². The van der Waals surface area contributed by atoms with Gasteiger partial charge in [0.25, 0.3) is 0 Å². The lowest BCUT2D eigenvalue weighted by Crippen LogP contribution is -2.63. The summed E-state index contributed by atoms with van der Waals surface area (Å²) >= 11 is 4.77. The fourth-order valence-corrected chi connectivity index (χ4v) is 7.95. The normalized spacial score (nSPS) is 42.6. The molecule has 3 fully saturated rings. The Morgan fingerprint density at radius 2 is 2.00 bits per heavy atom. The first-order valence-electron chi connectivity index (χ1n) is 11.9. The molecular formula is C26H32O7S. The molecule has 4 rings (SSSR count). The molecule has 0 aromatic heterocycles. The van der Waals surface area contributed by atoms with Crippen LogP contribution in [0.3, 0.4) is 0 Å². The molecule has 3 saturated carbocycles. The second-order valence-corrected chi connectivity index (χ2v) is 11.1. The van der Waals surface area contributed by atoms with Gasteiger partial charge in [-0.15, -0.1) is 0 Å². The maximum Gasteiger partial charge on any atom is 0.342 e. The van der Waals surface area contributed by atoms with Crippen molar-refractivity contribution >= 4 is 41.1 Å². The minimum absolute atomic E-state index is 0.00745. The highest BCUT2D eigenvalue weighted by Gasteiger charge is 2.70. The summed E-state index contributed by atoms with van der Waals surface area (Å²) in [5.74, 6) is -1.85. The molecule has 8 heteroatoms. The molecule has 0 amide bonds. The minimum atomic E-state index is -1.54. The molecule has 0 aromatic rings. The second kappa shape index (κ2) is 8.48. The molecule has 8 atom stereocenters. The zero-order valence-electron chi connectivity index (χ0n) is 20.0. The third-order valence-electron chi connectivity index (χ3n) is 9.16. The topological polar surface area (TPSA) is 107 Å². The minimum Gasteiger partial charge on any atom is -0.458 e. The molecule has 0 aromatic carbocycles. The Morgan fingerprint density at radius 1 is 1.29 bits per heavy atom. The van der Waals surface area contributed by atoms with E-state index in [-0.39, 0.29) is 42.3 Å². The highest BCUT2D eigenvalue weighted by molar-refractivity contribution is 7.80. The van der Waals surface area contributed by atoms with Crippen molar-refractivity contribution in [3.05, 3.63) is 23.8 Å². The van der Waals surface area contributed by atoms with E-state index >= 15 is 0 Å². The number of carbonyl (C=O) groups excluding carboxylic acids is 4. The number of allylic oxidation sites excluding steroid dienone is 4. The predicted octanol–water partition coefficient (Wildman–Crippen LogP) is 2.93. The predicted molar refractivity (Wildman–Crippen MR) is 127 cm³/mol. The van der Waals surface area contributed by atoms with E-state index < -0.39 is 46.9 Å². The van der Waals surface area contributed by atoms with E-state index in [9.17, 15) is 24.3 Å². The number of esters is 2. The Balaban J connectivity index is 1.76. The molecule has 0 heterocycles. The molecule has 0 bridgehead atoms. The van der Waals surface area contributed by atoms with Gasteiger partial charge in [-0.25, -0.2) is 4.79 Å². The van der Waals surface area contributed by atoms with Gasteiger partial charge in [0.2, 0.25) is 5.78 Å². The maximum absolute atomic E-state index is 13.5. The van der Waals surface area contributed by atoms with Gasteiger partial charge in [0.05, 0.1) is 11.5 Å². The Bertz CT molecular complexity index is 1010. The molecule has 34 heavy (non-hydrogen) atoms. The van der Waals surface area contributed by atoms with Gasteiger partial charge in [-0.2, -0.15) is 0 Å². The molecule has 4 aliphatic rings. The molecule has 7 nitrogen and oxygen atoms in total. The van der Waals surface area contributed by atoms with Crippen molar-refractivity contribution in [3.8, 4) is 0 Å². The maximum atomic E-state index is 13.5. The Kier molecular flexibility index (Phi) is 6.22. The van der Waals surface area contributed by atoms with Crippen LogP contribution in [0.4, 0.5) is 0 Å². The van der Waals surface area contributed by atoms with Gasteiger partial charge in [-0.05, 0) is 55.6 Å². The fraction of sp³-hybridized carbons (Fsp3) is 0.654. The molecule has 1 N–H and O–H groups in total. The van der Waals surface area contributed by atoms with Crippen LogP contribution in [0.2, 0.25) is 0 Å². The number of aliphatic hydroxyl groups excluding tert-OH is 1. The summed E-state index contributed by atoms with van der Waals surface area (Å²) in [4.78, 5) is 49.4. The van der Waals surface area contributed by atoms with Gasteiger partial charge < -0.3 is 14.6 Å². The van der Waals surface area contributed by atoms with Gasteiger partial charge >= 0.3 is 11.9 Å². The van der Waals surface area contributed by atoms with E-state index in [2.05, 4.69) is 13.8 Å². The van der Waals surface area contributed by atoms with Gasteiger partial charge in [-0.3, -0.25) is 14.4 Å². The molecule has 0 unspecified atom stereocenters. The summed E-state index contributed by atoms with van der Waals surface area (Å²) in [6.07, 6.45) is 6.37. The number of ketones is 2. The van der Waals surface area contributed by atoms with Crippen molar-refractivity contribution in [1.29, 1.82) is 0 Å². The molecule has 0 radical (unpaired) electrons. The first-order chi connectivity index (χ1) is 15.9. The summed E-state index contributed by atoms with van der Waals surface area (Å²) in [5.41, 5.74) is -1.81. The zero-order valence-corrected chi connectivity index (χ0v) is 20.9. The summed E-state index contributed by atoms with van der Waals surface area (Å²) in [6.45, 7) is 6.81. The number of ether oxygens (including phenoxy) is 2. The van der Waals surface area contributed by atoms with Gasteiger partial charge in [0.15, 0.2) is 18.0 Å². The molecule has 4 aliphatic carbocycles. The van der Waals surface area contributed by atoms with E-state index in [1.165, 1.54) is 6.92 Å². The lowest BCUT2D eigenvalue weighted by molar-refractivity contribution is -0.197. The Labute approximate surface area is 204 Å². The van der Waals surface area contributed by atoms with Crippen molar-refractivity contribution in [2.75, 3.05) is 6.61 Å². The summed E-state index contributed by atoms with van der Waals surface area (Å²) in [7, 11) is 0. The number of rotatable bonds is 5. The van der Waals surface area contributed by atoms with Crippen LogP contribution < -0.4 is 0 Å². The van der Waals surface area contributed by atoms with E-state index in [0.717, 1.165) is 17.4 Å². The summed E-state index contributed by atoms with van der Waals surface area (Å²) in [5, 5.41) is 12.5. The number of aliphatic hydroxyl groups is 1. The molecule has 0 saturated heterocycles. The van der Waals surface area contributed by atoms with Gasteiger partial charge in [0.1, 0.15) is 0 Å². The van der Waals surface area contributed by atoms with Crippen molar-refractivity contribution in [2.45, 2.75) is 65.1 Å². The van der Waals surface area contributed by atoms with E-state index in [1.807, 2.05) is 13.0 Å². The van der Waals surface area contributed by atoms with Crippen LogP contribution in [0.25, 0.3) is 0 Å². The quantitative estimate of drug-likeness (QED) is 0.465. The highest BCUT2D eigenvalue weighted by atomic mass is 32.1. The average molecular weight is 489 g/mol. The standard InChI is InChI=1S/C26H32O7S/c1-14-9-17-18-6-8-26(33-22(31)13-34,21(30)12-32-15(2)27)25(18,4)11-20(29)23(17)24(3)7-5-16(28)10-19(14)24/h5,7,10,13-14,17-18,20,23,29H,6,8-9,11-12H2,1-4H3/t14-,17-,18-,20-,23+,24-,25-,26-/m0/s1. The molecule has 0 aliphatic heterocycles. The SMILES string of the molecule is CC(=O)OCC(=O)[C@@]1(OC(=O)C=S)CC[C@H]2[C@@H]3C[C@H](C)C4=CC(=O)C=C[C@]4(C)[C@H]3[C@@H](O)C[C@@]21C. The molecular weight excluding hydrogens is 456 g/mol. The van der Waals surface area contributed by atoms with Crippen LogP contribution in [-0.4, -0.2) is 52.3 Å². The van der Waals surface area contributed by atoms with Crippen molar-refractivity contribution in [1.82, 2.24) is 0 Å². The molecule has 0 spiro atoms. The third-order valence-corrected chi connectivity index (χ3v) is 9.36. The van der Waals surface area contributed by atoms with Crippen molar-refractivity contribution in [2.24, 2.45) is 34.5 Å². The van der Waals surface area contributed by atoms with Crippen LogP contribution >= 0.6 is 12.2 Å². The Morgan fingerprint density at radius 3 is 2.65 bits per heavy atom. The largest absolute Gasteiger partial charge is 0.458 e. The van der Waals surface area contributed by atoms with Gasteiger partial charge in [-0.1, -0.05) is 44.6 Å². The zero-order chi connectivity index (χ0) is 25.1. The Hall–Kier alpha value is -2.19. The van der Waals surface area contributed by atoms with E-state index in [1.54, 1.807) is 12.2 Å². The summed E-state index contributed by atoms with van der Waals surface area (Å²) in [6, 6.07) is 0. The molecule has 184 valence electrons. The van der Waals surface area contributed by atoms with Crippen LogP contribution in [-0.2, 0) is 28.7 Å². The number of hydrogen-bond acceptors (Lipinski definition) is 8. The summed E-state index contributed by atoms with van der Waals surface area (Å²) < 4.78 is 10.8. The second-order valence-electron chi connectivity index (χ2n) is 10.8. The van der Waals surface area contributed by atoms with E-state index in [4.69, 9.17) is 21.7 Å². The lowest BCUT2D eigenvalue weighted by atomic mass is 9.44. The fourth-order valence-electron chi connectivity index (χ4n) is 7.90. The highest BCUT2D eigenvalue weighted by Crippen LogP contribution is 2.68. The van der Waals surface area contributed by atoms with Crippen molar-refractivity contribution < 1.29 is 33.8 Å². The van der Waals surface area contributed by atoms with Crippen LogP contribution in [0.15, 0.2) is 23.8 Å². The van der Waals surface area contributed by atoms with Crippen LogP contribution in [0, 0.1) is 34.5 Å². The number of carbonyl (C=O) groups is 4. The number of fused-ring (bicyclic) bond motifs is 5. The number of Topliss-reactive ketones (excluding diaryl/α,β-unsaturated/α-hetero) is 1. The monoisotopic (exact) mass is 488 g/mol. The van der Waals surface area contributed by atoms with E-state index in [0.29, 0.717) is 6.42 Å². The third kappa shape index (κ3) is 3.52. The first kappa shape index (κ1) is 24.9. The average Bonchev–Trinajstić information content (AvgIpc) is 3.05.